The Morgan fingerprint density at radius 1 is 1.00 bits per heavy atom. The number of nitrogens with two attached hydrogens (primary N) is 1. The number of aryl methyl sites for hydroxylation is 2. The zero-order valence-electron chi connectivity index (χ0n) is 23.2. The predicted octanol–water partition coefficient (Wildman–Crippen LogP) is 4.34. The van der Waals surface area contributed by atoms with Crippen LogP contribution < -0.4 is 11.3 Å². The number of nitrogens with zero attached hydrogens (tertiary/aromatic N) is 4. The van der Waals surface area contributed by atoms with E-state index in [0.29, 0.717) is 34.5 Å². The van der Waals surface area contributed by atoms with Gasteiger partial charge >= 0.3 is 0 Å². The number of amides is 2. The molecule has 4 rings (SSSR count). The molecule has 0 fully saturated rings. The first-order valence-electron chi connectivity index (χ1n) is 13.1. The minimum Gasteiger partial charge on any atom is -0.347 e. The Balaban J connectivity index is 2.00. The Kier molecular flexibility index (Phi) is 9.02. The van der Waals surface area contributed by atoms with E-state index in [2.05, 4.69) is 0 Å². The number of fused-ring (bicyclic) bond motifs is 1. The molecule has 40 heavy (non-hydrogen) atoms. The number of hydrogen-bond donors (Lipinski definition) is 1. The number of aromatic nitrogens is 2. The lowest BCUT2D eigenvalue weighted by Crippen LogP contribution is -2.47. The Bertz CT molecular complexity index is 1600. The van der Waals surface area contributed by atoms with Gasteiger partial charge in [0.15, 0.2) is 6.04 Å². The molecule has 1 unspecified atom stereocenters. The third-order valence-electron chi connectivity index (χ3n) is 6.76. The van der Waals surface area contributed by atoms with E-state index in [1.165, 1.54) is 14.4 Å². The van der Waals surface area contributed by atoms with Crippen molar-refractivity contribution in [2.45, 2.75) is 32.9 Å². The highest BCUT2D eigenvalue weighted by molar-refractivity contribution is 6.31. The van der Waals surface area contributed by atoms with Gasteiger partial charge in [-0.2, -0.15) is 0 Å². The van der Waals surface area contributed by atoms with Crippen LogP contribution >= 0.6 is 11.6 Å². The molecule has 2 amide bonds. The summed E-state index contributed by atoms with van der Waals surface area (Å²) in [5.41, 5.74) is 9.22. The van der Waals surface area contributed by atoms with Gasteiger partial charge in [0, 0.05) is 31.2 Å². The van der Waals surface area contributed by atoms with Gasteiger partial charge in [-0.25, -0.2) is 4.98 Å². The van der Waals surface area contributed by atoms with Gasteiger partial charge in [0.05, 0.1) is 17.4 Å². The Hall–Kier alpha value is -4.01. The third-order valence-corrected chi connectivity index (χ3v) is 7.00. The summed E-state index contributed by atoms with van der Waals surface area (Å²) in [6.45, 7) is 4.59. The lowest BCUT2D eigenvalue weighted by atomic mass is 10.1. The van der Waals surface area contributed by atoms with E-state index in [1.807, 2.05) is 50.2 Å². The fraction of sp³-hybridized carbons (Fsp3) is 0.290. The molecule has 2 N–H and O–H groups in total. The molecule has 0 aliphatic rings. The molecule has 8 nitrogen and oxygen atoms in total. The van der Waals surface area contributed by atoms with Crippen LogP contribution in [0.15, 0.2) is 71.5 Å². The van der Waals surface area contributed by atoms with Gasteiger partial charge in [-0.15, -0.1) is 0 Å². The molecule has 0 saturated heterocycles. The molecule has 9 heteroatoms. The summed E-state index contributed by atoms with van der Waals surface area (Å²) >= 11 is 6.27. The topological polar surface area (TPSA) is 102 Å². The minimum atomic E-state index is -1.18. The number of carbonyl (C=O) groups is 2. The van der Waals surface area contributed by atoms with Crippen LogP contribution in [0.25, 0.3) is 10.9 Å². The zero-order valence-corrected chi connectivity index (χ0v) is 24.0. The molecule has 1 atom stereocenters. The van der Waals surface area contributed by atoms with Crippen LogP contribution in [-0.2, 0) is 11.3 Å². The lowest BCUT2D eigenvalue weighted by molar-refractivity contribution is -0.134. The first kappa shape index (κ1) is 29.0. The van der Waals surface area contributed by atoms with Crippen molar-refractivity contribution in [3.8, 4) is 0 Å². The van der Waals surface area contributed by atoms with Crippen LogP contribution in [0.2, 0.25) is 5.02 Å². The Morgan fingerprint density at radius 2 is 1.73 bits per heavy atom. The van der Waals surface area contributed by atoms with E-state index >= 15 is 0 Å². The van der Waals surface area contributed by atoms with Crippen molar-refractivity contribution in [2.75, 3.05) is 27.2 Å². The summed E-state index contributed by atoms with van der Waals surface area (Å²) in [7, 11) is 3.24. The van der Waals surface area contributed by atoms with Crippen LogP contribution in [0.4, 0.5) is 0 Å². The van der Waals surface area contributed by atoms with E-state index in [1.54, 1.807) is 44.4 Å². The Labute approximate surface area is 239 Å². The van der Waals surface area contributed by atoms with Crippen LogP contribution in [-0.4, -0.2) is 58.4 Å². The molecule has 208 valence electrons. The second-order valence-electron chi connectivity index (χ2n) is 10.2. The van der Waals surface area contributed by atoms with Crippen LogP contribution in [0.3, 0.4) is 0 Å². The molecule has 0 aliphatic heterocycles. The second-order valence-corrected chi connectivity index (χ2v) is 10.6. The van der Waals surface area contributed by atoms with Gasteiger partial charge in [0.25, 0.3) is 17.4 Å². The lowest BCUT2D eigenvalue weighted by Gasteiger charge is -2.33. The largest absolute Gasteiger partial charge is 0.347 e. The fourth-order valence-electron chi connectivity index (χ4n) is 4.67. The van der Waals surface area contributed by atoms with Crippen molar-refractivity contribution in [1.29, 1.82) is 0 Å². The highest BCUT2D eigenvalue weighted by Gasteiger charge is 2.36. The number of halogens is 1. The quantitative estimate of drug-likeness (QED) is 0.329. The van der Waals surface area contributed by atoms with Crippen molar-refractivity contribution in [2.24, 2.45) is 5.73 Å². The highest BCUT2D eigenvalue weighted by Crippen LogP contribution is 2.27. The SMILES string of the molecule is Cc1ccc(C(=O)N(CCCN)C(C(=O)N(C)C)c2nc3cc(Cl)ccc3c(=O)n2Cc2cccc(C)c2)cc1. The van der Waals surface area contributed by atoms with E-state index in [0.717, 1.165) is 16.7 Å². The van der Waals surface area contributed by atoms with Gasteiger partial charge < -0.3 is 15.5 Å². The zero-order chi connectivity index (χ0) is 29.0. The Morgan fingerprint density at radius 3 is 2.38 bits per heavy atom. The molecule has 0 spiro atoms. The first-order valence-corrected chi connectivity index (χ1v) is 13.5. The fourth-order valence-corrected chi connectivity index (χ4v) is 4.83. The van der Waals surface area contributed by atoms with Gasteiger partial charge in [-0.1, -0.05) is 59.1 Å². The van der Waals surface area contributed by atoms with Crippen LogP contribution in [0, 0.1) is 13.8 Å². The minimum absolute atomic E-state index is 0.164. The molecule has 0 bridgehead atoms. The number of carbonyl (C=O) groups excluding carboxylic acids is 2. The summed E-state index contributed by atoms with van der Waals surface area (Å²) in [5, 5.41) is 0.781. The molecule has 0 aliphatic carbocycles. The average Bonchev–Trinajstić information content (AvgIpc) is 2.92. The van der Waals surface area contributed by atoms with E-state index in [-0.39, 0.29) is 36.3 Å². The van der Waals surface area contributed by atoms with Gasteiger partial charge in [0.1, 0.15) is 5.82 Å². The normalized spacial score (nSPS) is 11.8. The number of likely N-dealkylation sites (N-methyl/N-ethyl adjacent to an activating group) is 1. The molecular formula is C31H34ClN5O3. The predicted molar refractivity (Wildman–Crippen MR) is 159 cm³/mol. The first-order chi connectivity index (χ1) is 19.1. The molecule has 3 aromatic carbocycles. The molecule has 4 aromatic rings. The molecule has 0 radical (unpaired) electrons. The van der Waals surface area contributed by atoms with Crippen molar-refractivity contribution < 1.29 is 9.59 Å². The highest BCUT2D eigenvalue weighted by atomic mass is 35.5. The van der Waals surface area contributed by atoms with Crippen molar-refractivity contribution in [3.05, 3.63) is 110 Å². The van der Waals surface area contributed by atoms with Gasteiger partial charge in [-0.3, -0.25) is 19.0 Å². The maximum absolute atomic E-state index is 14.0. The van der Waals surface area contributed by atoms with Crippen molar-refractivity contribution >= 4 is 34.3 Å². The molecular weight excluding hydrogens is 526 g/mol. The third kappa shape index (κ3) is 6.24. The van der Waals surface area contributed by atoms with Crippen molar-refractivity contribution in [3.63, 3.8) is 0 Å². The molecule has 0 saturated carbocycles. The maximum Gasteiger partial charge on any atom is 0.261 e. The monoisotopic (exact) mass is 559 g/mol. The van der Waals surface area contributed by atoms with Gasteiger partial charge in [-0.05, 0) is 62.7 Å². The maximum atomic E-state index is 14.0. The number of hydrogen-bond acceptors (Lipinski definition) is 5. The van der Waals surface area contributed by atoms with Gasteiger partial charge in [0.2, 0.25) is 0 Å². The van der Waals surface area contributed by atoms with Crippen molar-refractivity contribution in [1.82, 2.24) is 19.4 Å². The summed E-state index contributed by atoms with van der Waals surface area (Å²) < 4.78 is 1.49. The van der Waals surface area contributed by atoms with E-state index in [9.17, 15) is 14.4 Å². The summed E-state index contributed by atoms with van der Waals surface area (Å²) in [4.78, 5) is 49.7. The second kappa shape index (κ2) is 12.4. The molecule has 1 aromatic heterocycles. The smallest absolute Gasteiger partial charge is 0.261 e. The van der Waals surface area contributed by atoms with Crippen LogP contribution in [0.1, 0.15) is 45.3 Å². The van der Waals surface area contributed by atoms with Crippen LogP contribution in [0.5, 0.6) is 0 Å². The number of benzene rings is 3. The summed E-state index contributed by atoms with van der Waals surface area (Å²) in [6.07, 6.45) is 0.455. The standard InChI is InChI=1S/C31H34ClN5O3/c1-20-9-11-23(12-10-20)29(38)36(16-6-15-33)27(31(40)35(3)4)28-34-26-18-24(32)13-14-25(26)30(39)37(28)19-22-8-5-7-21(2)17-22/h5,7-14,17-18,27H,6,15-16,19,33H2,1-4H3. The number of rotatable bonds is 9. The average molecular weight is 560 g/mol. The summed E-state index contributed by atoms with van der Waals surface area (Å²) in [6, 6.07) is 18.6. The summed E-state index contributed by atoms with van der Waals surface area (Å²) in [5.74, 6) is -0.572. The molecule has 1 heterocycles. The van der Waals surface area contributed by atoms with E-state index in [4.69, 9.17) is 22.3 Å². The van der Waals surface area contributed by atoms with E-state index < -0.39 is 6.04 Å².